The molecular weight excluding hydrogens is 309 g/mol. The summed E-state index contributed by atoms with van der Waals surface area (Å²) in [4.78, 5) is 23.0. The van der Waals surface area contributed by atoms with E-state index in [9.17, 15) is 27.8 Å². The van der Waals surface area contributed by atoms with Gasteiger partial charge in [0.25, 0.3) is 11.8 Å². The standard InChI is InChI=1S/C12H7NO6S.Na/c14-11-7-3-1-2-6-4-5-8(20(17,18)19)10(9(6)7)12(15)13(11)16;/h1-5,16H,(H,17,18,19);/q;+1/p-1. The third kappa shape index (κ3) is 2.30. The molecule has 9 heteroatoms. The van der Waals surface area contributed by atoms with E-state index in [0.29, 0.717) is 5.39 Å². The van der Waals surface area contributed by atoms with Gasteiger partial charge in [0.1, 0.15) is 10.1 Å². The molecule has 0 radical (unpaired) electrons. The Balaban J connectivity index is 0.00000161. The zero-order valence-electron chi connectivity index (χ0n) is 10.7. The first kappa shape index (κ1) is 16.1. The van der Waals surface area contributed by atoms with Crippen LogP contribution in [0.1, 0.15) is 20.7 Å². The molecule has 2 aromatic carbocycles. The Labute approximate surface area is 141 Å². The zero-order chi connectivity index (χ0) is 14.7. The average molecular weight is 315 g/mol. The molecule has 1 heterocycles. The number of carbonyl (C=O) groups excluding carboxylic acids is 2. The molecule has 0 aromatic heterocycles. The smallest absolute Gasteiger partial charge is 0.744 e. The van der Waals surface area contributed by atoms with Crippen molar-refractivity contribution in [1.29, 1.82) is 0 Å². The summed E-state index contributed by atoms with van der Waals surface area (Å²) in [5, 5.41) is 9.77. The van der Waals surface area contributed by atoms with Crippen molar-refractivity contribution in [3.8, 4) is 0 Å². The van der Waals surface area contributed by atoms with Crippen LogP contribution in [0.25, 0.3) is 10.8 Å². The summed E-state index contributed by atoms with van der Waals surface area (Å²) >= 11 is 0. The van der Waals surface area contributed by atoms with Gasteiger partial charge in [-0.25, -0.2) is 8.42 Å². The molecule has 1 aliphatic rings. The van der Waals surface area contributed by atoms with Crippen LogP contribution >= 0.6 is 0 Å². The summed E-state index contributed by atoms with van der Waals surface area (Å²) in [5.41, 5.74) is -0.514. The van der Waals surface area contributed by atoms with E-state index in [2.05, 4.69) is 0 Å². The second-order valence-electron chi connectivity index (χ2n) is 4.22. The summed E-state index contributed by atoms with van der Waals surface area (Å²) in [6.45, 7) is 0. The van der Waals surface area contributed by atoms with Crippen LogP contribution in [0.3, 0.4) is 0 Å². The SMILES string of the molecule is O=C1c2cccc3ccc(S(=O)(=O)[O-])c(c23)C(=O)N1O.[Na+]. The van der Waals surface area contributed by atoms with Crippen LogP contribution in [0, 0.1) is 0 Å². The summed E-state index contributed by atoms with van der Waals surface area (Å²) in [5.74, 6) is -2.19. The normalized spacial score (nSPS) is 14.3. The largest absolute Gasteiger partial charge is 1.00 e. The summed E-state index contributed by atoms with van der Waals surface area (Å²) in [6.07, 6.45) is 0. The van der Waals surface area contributed by atoms with Crippen molar-refractivity contribution < 1.29 is 57.3 Å². The van der Waals surface area contributed by atoms with Gasteiger partial charge in [-0.3, -0.25) is 14.8 Å². The van der Waals surface area contributed by atoms with Crippen LogP contribution in [0.4, 0.5) is 0 Å². The second kappa shape index (κ2) is 5.16. The molecule has 1 aliphatic heterocycles. The van der Waals surface area contributed by atoms with Crippen LogP contribution in [-0.4, -0.2) is 35.1 Å². The number of nitrogens with zero attached hydrogens (tertiary/aromatic N) is 1. The molecule has 102 valence electrons. The Morgan fingerprint density at radius 3 is 2.33 bits per heavy atom. The first-order chi connectivity index (χ1) is 9.32. The van der Waals surface area contributed by atoms with Gasteiger partial charge in [-0.15, -0.1) is 5.06 Å². The zero-order valence-corrected chi connectivity index (χ0v) is 13.5. The van der Waals surface area contributed by atoms with Crippen LogP contribution in [-0.2, 0) is 10.1 Å². The minimum absolute atomic E-state index is 0. The van der Waals surface area contributed by atoms with Crippen molar-refractivity contribution in [2.45, 2.75) is 4.90 Å². The van der Waals surface area contributed by atoms with Crippen LogP contribution < -0.4 is 29.6 Å². The number of hydrogen-bond acceptors (Lipinski definition) is 6. The van der Waals surface area contributed by atoms with Gasteiger partial charge in [0, 0.05) is 5.39 Å². The van der Waals surface area contributed by atoms with Gasteiger partial charge < -0.3 is 4.55 Å². The Hall–Kier alpha value is -1.29. The summed E-state index contributed by atoms with van der Waals surface area (Å²) in [6, 6.07) is 6.75. The predicted molar refractivity (Wildman–Crippen MR) is 64.2 cm³/mol. The van der Waals surface area contributed by atoms with Gasteiger partial charge in [0.2, 0.25) is 0 Å². The van der Waals surface area contributed by atoms with Gasteiger partial charge >= 0.3 is 29.6 Å². The minimum Gasteiger partial charge on any atom is -0.744 e. The third-order valence-corrected chi connectivity index (χ3v) is 3.98. The van der Waals surface area contributed by atoms with Crippen LogP contribution in [0.5, 0.6) is 0 Å². The molecule has 0 aliphatic carbocycles. The van der Waals surface area contributed by atoms with E-state index in [0.717, 1.165) is 6.07 Å². The van der Waals surface area contributed by atoms with Crippen molar-refractivity contribution >= 4 is 32.7 Å². The molecule has 0 saturated heterocycles. The van der Waals surface area contributed by atoms with Gasteiger partial charge in [-0.2, -0.15) is 0 Å². The molecule has 0 bridgehead atoms. The van der Waals surface area contributed by atoms with E-state index in [1.165, 1.54) is 18.2 Å². The number of imide groups is 1. The van der Waals surface area contributed by atoms with E-state index in [4.69, 9.17) is 0 Å². The molecule has 0 atom stereocenters. The quantitative estimate of drug-likeness (QED) is 0.275. The van der Waals surface area contributed by atoms with E-state index >= 15 is 0 Å². The average Bonchev–Trinajstić information content (AvgIpc) is 2.40. The topological polar surface area (TPSA) is 115 Å². The second-order valence-corrected chi connectivity index (χ2v) is 5.57. The molecular formula is C12H6NNaO6S. The van der Waals surface area contributed by atoms with Gasteiger partial charge in [0.15, 0.2) is 0 Å². The fourth-order valence-electron chi connectivity index (χ4n) is 2.27. The number of hydrogen-bond donors (Lipinski definition) is 1. The Kier molecular flexibility index (Phi) is 3.96. The molecule has 0 saturated carbocycles. The maximum atomic E-state index is 11.9. The molecule has 0 spiro atoms. The number of benzene rings is 2. The van der Waals surface area contributed by atoms with E-state index in [-0.39, 0.29) is 45.6 Å². The third-order valence-electron chi connectivity index (χ3n) is 3.11. The van der Waals surface area contributed by atoms with Gasteiger partial charge in [-0.05, 0) is 17.5 Å². The van der Waals surface area contributed by atoms with Crippen LogP contribution in [0.2, 0.25) is 0 Å². The maximum absolute atomic E-state index is 11.9. The predicted octanol–water partition coefficient (Wildman–Crippen LogP) is -2.27. The number of amides is 2. The first-order valence-electron chi connectivity index (χ1n) is 5.41. The molecule has 1 N–H and O–H groups in total. The molecule has 2 aromatic rings. The molecule has 0 fully saturated rings. The van der Waals surface area contributed by atoms with Crippen LogP contribution in [0.15, 0.2) is 35.2 Å². The molecule has 7 nitrogen and oxygen atoms in total. The Morgan fingerprint density at radius 2 is 1.71 bits per heavy atom. The number of rotatable bonds is 1. The molecule has 3 rings (SSSR count). The molecule has 21 heavy (non-hydrogen) atoms. The van der Waals surface area contributed by atoms with E-state index < -0.39 is 32.4 Å². The van der Waals surface area contributed by atoms with Gasteiger partial charge in [-0.1, -0.05) is 18.2 Å². The minimum atomic E-state index is -4.91. The summed E-state index contributed by atoms with van der Waals surface area (Å²) in [7, 11) is -4.91. The first-order valence-corrected chi connectivity index (χ1v) is 6.82. The molecule has 0 unspecified atom stereocenters. The summed E-state index contributed by atoms with van der Waals surface area (Å²) < 4.78 is 33.7. The number of carbonyl (C=O) groups is 2. The van der Waals surface area contributed by atoms with E-state index in [1.54, 1.807) is 6.07 Å². The van der Waals surface area contributed by atoms with Crippen molar-refractivity contribution in [1.82, 2.24) is 5.06 Å². The van der Waals surface area contributed by atoms with Gasteiger partial charge in [0.05, 0.1) is 16.0 Å². The fraction of sp³-hybridized carbons (Fsp3) is 0. The van der Waals surface area contributed by atoms with Crippen molar-refractivity contribution in [2.24, 2.45) is 0 Å². The Morgan fingerprint density at radius 1 is 1.05 bits per heavy atom. The van der Waals surface area contributed by atoms with E-state index in [1.807, 2.05) is 0 Å². The van der Waals surface area contributed by atoms with Crippen molar-refractivity contribution in [2.75, 3.05) is 0 Å². The fourth-order valence-corrected chi connectivity index (χ4v) is 2.95. The molecule has 2 amide bonds. The van der Waals surface area contributed by atoms with Crippen molar-refractivity contribution in [3.05, 3.63) is 41.5 Å². The Bertz CT molecular complexity index is 892. The number of hydroxylamine groups is 2. The monoisotopic (exact) mass is 315 g/mol. The maximum Gasteiger partial charge on any atom is 1.00 e. The van der Waals surface area contributed by atoms with Crippen molar-refractivity contribution in [3.63, 3.8) is 0 Å².